The summed E-state index contributed by atoms with van der Waals surface area (Å²) < 4.78 is 3.39. The van der Waals surface area contributed by atoms with Crippen molar-refractivity contribution in [2.45, 2.75) is 25.3 Å². The zero-order chi connectivity index (χ0) is 17.5. The molecule has 0 N–H and O–H groups in total. The second-order valence-corrected chi connectivity index (χ2v) is 6.88. The molecule has 1 saturated carbocycles. The molecule has 0 unspecified atom stereocenters. The maximum absolute atomic E-state index is 13.1. The van der Waals surface area contributed by atoms with Crippen LogP contribution < -0.4 is 5.69 Å². The first kappa shape index (κ1) is 15.1. The van der Waals surface area contributed by atoms with Gasteiger partial charge in [0, 0.05) is 5.92 Å². The number of hydrogen-bond donors (Lipinski definition) is 0. The molecular formula is C22H19N3O. The largest absolute Gasteiger partial charge is 0.350 e. The molecule has 1 fully saturated rings. The zero-order valence-corrected chi connectivity index (χ0v) is 14.4. The van der Waals surface area contributed by atoms with Crippen molar-refractivity contribution >= 4 is 10.8 Å². The maximum atomic E-state index is 13.1. The van der Waals surface area contributed by atoms with Crippen LogP contribution in [0.4, 0.5) is 0 Å². The van der Waals surface area contributed by atoms with Crippen LogP contribution in [0.5, 0.6) is 0 Å². The van der Waals surface area contributed by atoms with E-state index in [0.29, 0.717) is 12.5 Å². The first-order chi connectivity index (χ1) is 12.8. The van der Waals surface area contributed by atoms with Crippen LogP contribution in [0.1, 0.15) is 30.1 Å². The molecule has 0 spiro atoms. The highest BCUT2D eigenvalue weighted by Gasteiger charge is 2.31. The smallest absolute Gasteiger partial charge is 0.247 e. The third-order valence-electron chi connectivity index (χ3n) is 5.02. The first-order valence-electron chi connectivity index (χ1n) is 9.03. The van der Waals surface area contributed by atoms with E-state index in [0.717, 1.165) is 29.9 Å². The molecule has 0 amide bonds. The number of nitrogens with zero attached hydrogens (tertiary/aromatic N) is 3. The van der Waals surface area contributed by atoms with Gasteiger partial charge in [0.25, 0.3) is 0 Å². The summed E-state index contributed by atoms with van der Waals surface area (Å²) >= 11 is 0. The molecule has 4 aromatic rings. The van der Waals surface area contributed by atoms with Crippen molar-refractivity contribution < 1.29 is 0 Å². The molecular weight excluding hydrogens is 322 g/mol. The summed E-state index contributed by atoms with van der Waals surface area (Å²) in [5.41, 5.74) is 1.94. The van der Waals surface area contributed by atoms with Crippen molar-refractivity contribution in [3.63, 3.8) is 0 Å². The van der Waals surface area contributed by atoms with Crippen molar-refractivity contribution in [2.75, 3.05) is 0 Å². The summed E-state index contributed by atoms with van der Waals surface area (Å²) in [5.74, 6) is 1.29. The molecule has 5 rings (SSSR count). The van der Waals surface area contributed by atoms with Crippen molar-refractivity contribution in [3.05, 3.63) is 94.7 Å². The Bertz CT molecular complexity index is 1130. The second-order valence-electron chi connectivity index (χ2n) is 6.88. The molecule has 1 aromatic heterocycles. The van der Waals surface area contributed by atoms with Crippen molar-refractivity contribution in [3.8, 4) is 5.69 Å². The van der Waals surface area contributed by atoms with Crippen LogP contribution in [0, 0.1) is 0 Å². The Balaban J connectivity index is 1.63. The molecule has 3 aromatic carbocycles. The molecule has 26 heavy (non-hydrogen) atoms. The van der Waals surface area contributed by atoms with E-state index in [2.05, 4.69) is 24.3 Å². The summed E-state index contributed by atoms with van der Waals surface area (Å²) in [5, 5.41) is 7.07. The highest BCUT2D eigenvalue weighted by atomic mass is 16.2. The number of aromatic nitrogens is 3. The lowest BCUT2D eigenvalue weighted by Crippen LogP contribution is -2.24. The van der Waals surface area contributed by atoms with Gasteiger partial charge in [-0.3, -0.25) is 0 Å². The Hall–Kier alpha value is -3.14. The van der Waals surface area contributed by atoms with E-state index in [1.807, 2.05) is 48.5 Å². The predicted molar refractivity (Wildman–Crippen MR) is 103 cm³/mol. The van der Waals surface area contributed by atoms with Gasteiger partial charge >= 0.3 is 5.69 Å². The van der Waals surface area contributed by atoms with E-state index in [9.17, 15) is 4.79 Å². The molecule has 4 heteroatoms. The molecule has 128 valence electrons. The number of rotatable bonds is 4. The fourth-order valence-corrected chi connectivity index (χ4v) is 3.54. The molecule has 0 radical (unpaired) electrons. The SMILES string of the molecule is O=c1n(Cc2cccc3ccccc23)nc(C2CC2)n1-c1ccccc1. The molecule has 1 aliphatic rings. The van der Waals surface area contributed by atoms with Gasteiger partial charge in [0.1, 0.15) is 5.82 Å². The average molecular weight is 341 g/mol. The van der Waals surface area contributed by atoms with Gasteiger partial charge in [-0.05, 0) is 41.3 Å². The van der Waals surface area contributed by atoms with Gasteiger partial charge in [-0.25, -0.2) is 14.0 Å². The topological polar surface area (TPSA) is 39.8 Å². The van der Waals surface area contributed by atoms with Gasteiger partial charge in [0.2, 0.25) is 0 Å². The lowest BCUT2D eigenvalue weighted by atomic mass is 10.0. The fraction of sp³-hybridized carbons (Fsp3) is 0.182. The van der Waals surface area contributed by atoms with Gasteiger partial charge in [-0.15, -0.1) is 0 Å². The monoisotopic (exact) mass is 341 g/mol. The summed E-state index contributed by atoms with van der Waals surface area (Å²) in [7, 11) is 0. The quantitative estimate of drug-likeness (QED) is 0.560. The van der Waals surface area contributed by atoms with Crippen molar-refractivity contribution in [1.82, 2.24) is 14.3 Å². The van der Waals surface area contributed by atoms with E-state index in [1.165, 1.54) is 10.8 Å². The van der Waals surface area contributed by atoms with E-state index in [4.69, 9.17) is 5.10 Å². The Morgan fingerprint density at radius 3 is 2.42 bits per heavy atom. The minimum Gasteiger partial charge on any atom is -0.247 e. The van der Waals surface area contributed by atoms with Crippen LogP contribution in [0.25, 0.3) is 16.5 Å². The van der Waals surface area contributed by atoms with E-state index >= 15 is 0 Å². The van der Waals surface area contributed by atoms with Gasteiger partial charge in [-0.2, -0.15) is 5.10 Å². The van der Waals surface area contributed by atoms with Crippen LogP contribution in [-0.4, -0.2) is 14.3 Å². The van der Waals surface area contributed by atoms with Crippen LogP contribution in [0.2, 0.25) is 0 Å². The number of benzene rings is 3. The zero-order valence-electron chi connectivity index (χ0n) is 14.4. The Morgan fingerprint density at radius 1 is 0.885 bits per heavy atom. The van der Waals surface area contributed by atoms with E-state index in [-0.39, 0.29) is 5.69 Å². The Labute approximate surface area is 151 Å². The third-order valence-corrected chi connectivity index (χ3v) is 5.02. The molecule has 0 atom stereocenters. The standard InChI is InChI=1S/C22H19N3O/c26-22-24(15-18-9-6-8-16-7-4-5-12-20(16)18)23-21(17-13-14-17)25(22)19-10-2-1-3-11-19/h1-12,17H,13-15H2. The summed E-state index contributed by atoms with van der Waals surface area (Å²) in [6.45, 7) is 0.486. The Kier molecular flexibility index (Phi) is 3.49. The van der Waals surface area contributed by atoms with Gasteiger partial charge in [0.05, 0.1) is 12.2 Å². The van der Waals surface area contributed by atoms with Crippen LogP contribution in [0.3, 0.4) is 0 Å². The number of para-hydroxylation sites is 1. The normalized spacial score (nSPS) is 14.0. The van der Waals surface area contributed by atoms with Gasteiger partial charge in [-0.1, -0.05) is 60.7 Å². The highest BCUT2D eigenvalue weighted by molar-refractivity contribution is 5.85. The van der Waals surface area contributed by atoms with Gasteiger partial charge < -0.3 is 0 Å². The summed E-state index contributed by atoms with van der Waals surface area (Å²) in [6, 6.07) is 24.3. The summed E-state index contributed by atoms with van der Waals surface area (Å²) in [6.07, 6.45) is 2.22. The number of fused-ring (bicyclic) bond motifs is 1. The van der Waals surface area contributed by atoms with Crippen LogP contribution in [-0.2, 0) is 6.54 Å². The molecule has 0 bridgehead atoms. The van der Waals surface area contributed by atoms with Crippen molar-refractivity contribution in [2.24, 2.45) is 0 Å². The minimum absolute atomic E-state index is 0.0639. The first-order valence-corrected chi connectivity index (χ1v) is 9.03. The number of hydrogen-bond acceptors (Lipinski definition) is 2. The maximum Gasteiger partial charge on any atom is 0.350 e. The minimum atomic E-state index is -0.0639. The average Bonchev–Trinajstić information content (AvgIpc) is 3.48. The lowest BCUT2D eigenvalue weighted by Gasteiger charge is -2.06. The molecule has 0 saturated heterocycles. The predicted octanol–water partition coefficient (Wildman–Crippen LogP) is 4.11. The van der Waals surface area contributed by atoms with Crippen molar-refractivity contribution in [1.29, 1.82) is 0 Å². The van der Waals surface area contributed by atoms with Gasteiger partial charge in [0.15, 0.2) is 0 Å². The highest BCUT2D eigenvalue weighted by Crippen LogP contribution is 2.39. The molecule has 1 heterocycles. The van der Waals surface area contributed by atoms with Crippen LogP contribution >= 0.6 is 0 Å². The lowest BCUT2D eigenvalue weighted by molar-refractivity contribution is 0.650. The fourth-order valence-electron chi connectivity index (χ4n) is 3.54. The molecule has 4 nitrogen and oxygen atoms in total. The molecule has 0 aliphatic heterocycles. The van der Waals surface area contributed by atoms with Crippen LogP contribution in [0.15, 0.2) is 77.6 Å². The third kappa shape index (κ3) is 2.54. The van der Waals surface area contributed by atoms with E-state index < -0.39 is 0 Å². The molecule has 1 aliphatic carbocycles. The summed E-state index contributed by atoms with van der Waals surface area (Å²) in [4.78, 5) is 13.1. The second kappa shape index (κ2) is 5.99. The Morgan fingerprint density at radius 2 is 1.62 bits per heavy atom. The van der Waals surface area contributed by atoms with E-state index in [1.54, 1.807) is 9.25 Å².